The van der Waals surface area contributed by atoms with Crippen LogP contribution in [-0.4, -0.2) is 69.2 Å². The molecule has 0 bridgehead atoms. The summed E-state index contributed by atoms with van der Waals surface area (Å²) in [5.41, 5.74) is 2.11. The zero-order chi connectivity index (χ0) is 19.8. The smallest absolute Gasteiger partial charge is 0.303 e. The maximum Gasteiger partial charge on any atom is 0.303 e. The lowest BCUT2D eigenvalue weighted by Crippen LogP contribution is -2.42. The summed E-state index contributed by atoms with van der Waals surface area (Å²) in [6.07, 6.45) is 0.450. The Balaban J connectivity index is 1.35. The number of hydrogen-bond acceptors (Lipinski definition) is 7. The molecule has 0 aliphatic carbocycles. The monoisotopic (exact) mass is 388 g/mol. The maximum atomic E-state index is 12.8. The second kappa shape index (κ2) is 7.38. The Morgan fingerprint density at radius 1 is 1.21 bits per heavy atom. The summed E-state index contributed by atoms with van der Waals surface area (Å²) in [4.78, 5) is 36.1. The van der Waals surface area contributed by atoms with Gasteiger partial charge in [-0.05, 0) is 31.9 Å². The quantitative estimate of drug-likeness (QED) is 0.797. The van der Waals surface area contributed by atoms with E-state index in [1.54, 1.807) is 4.90 Å². The first kappa shape index (κ1) is 18.7. The number of aliphatic hydroxyl groups is 1. The first-order valence-corrected chi connectivity index (χ1v) is 9.58. The number of amides is 1. The van der Waals surface area contributed by atoms with Crippen molar-refractivity contribution in [2.75, 3.05) is 31.1 Å². The third-order valence-electron chi connectivity index (χ3n) is 5.65. The molecule has 9 heteroatoms. The van der Waals surface area contributed by atoms with Gasteiger partial charge in [-0.15, -0.1) is 0 Å². The van der Waals surface area contributed by atoms with Gasteiger partial charge in [0.25, 0.3) is 6.01 Å². The van der Waals surface area contributed by atoms with E-state index in [4.69, 9.17) is 9.52 Å². The normalized spacial score (nSPS) is 23.5. The van der Waals surface area contributed by atoms with Crippen LogP contribution in [0.2, 0.25) is 0 Å². The van der Waals surface area contributed by atoms with Crippen molar-refractivity contribution >= 4 is 29.1 Å². The van der Waals surface area contributed by atoms with Crippen LogP contribution in [0.25, 0.3) is 11.2 Å². The molecule has 2 aliphatic heterocycles. The summed E-state index contributed by atoms with van der Waals surface area (Å²) >= 11 is 0. The molecule has 4 heterocycles. The third kappa shape index (κ3) is 3.66. The van der Waals surface area contributed by atoms with Crippen molar-refractivity contribution in [1.29, 1.82) is 0 Å². The van der Waals surface area contributed by atoms with Crippen molar-refractivity contribution in [3.8, 4) is 0 Å². The van der Waals surface area contributed by atoms with Gasteiger partial charge in [-0.3, -0.25) is 9.59 Å². The molecule has 2 saturated heterocycles. The average molecular weight is 388 g/mol. The number of pyridine rings is 1. The van der Waals surface area contributed by atoms with Gasteiger partial charge in [0.2, 0.25) is 11.6 Å². The zero-order valence-corrected chi connectivity index (χ0v) is 15.7. The summed E-state index contributed by atoms with van der Waals surface area (Å²) in [6, 6.07) is 4.26. The number of nitrogens with zero attached hydrogens (tertiary/aromatic N) is 4. The molecule has 1 amide bonds. The van der Waals surface area contributed by atoms with Gasteiger partial charge in [-0.25, -0.2) is 4.98 Å². The number of aryl methyl sites for hydroxylation is 1. The highest BCUT2D eigenvalue weighted by Gasteiger charge is 2.38. The number of carboxylic acids is 1. The third-order valence-corrected chi connectivity index (χ3v) is 5.65. The van der Waals surface area contributed by atoms with Gasteiger partial charge in [0.15, 0.2) is 5.58 Å². The topological polar surface area (TPSA) is 120 Å². The SMILES string of the molecule is Cc1ccc2oc(N3CCC(C(=O)N4C[C@@H](CC(=O)O)[C@H](O)C4)CC3)nc2n1. The number of piperidine rings is 1. The average Bonchev–Trinajstić information content (AvgIpc) is 3.24. The molecule has 0 aromatic carbocycles. The molecule has 9 nitrogen and oxygen atoms in total. The number of oxazole rings is 1. The van der Waals surface area contributed by atoms with Crippen LogP contribution in [0.4, 0.5) is 6.01 Å². The zero-order valence-electron chi connectivity index (χ0n) is 15.7. The summed E-state index contributed by atoms with van der Waals surface area (Å²) in [5, 5.41) is 19.0. The maximum absolute atomic E-state index is 12.8. The molecule has 28 heavy (non-hydrogen) atoms. The standard InChI is InChI=1S/C19H24N4O5/c1-11-2-3-15-17(20-11)21-19(28-15)22-6-4-12(5-7-22)18(27)23-9-13(8-16(25)26)14(24)10-23/h2-3,12-14,24H,4-10H2,1H3,(H,25,26)/t13-,14-/m1/s1. The van der Waals surface area contributed by atoms with Crippen LogP contribution in [0.15, 0.2) is 16.5 Å². The molecule has 2 fully saturated rings. The lowest BCUT2D eigenvalue weighted by molar-refractivity contribution is -0.139. The number of β-amino-alcohol motifs (C(OH)–C–C–N with tert-alkyl or cyclic N) is 1. The molecule has 4 rings (SSSR count). The van der Waals surface area contributed by atoms with E-state index < -0.39 is 18.0 Å². The molecule has 0 saturated carbocycles. The number of fused-ring (bicyclic) bond motifs is 1. The number of carboxylic acid groups (broad SMARTS) is 1. The van der Waals surface area contributed by atoms with Crippen molar-refractivity contribution in [2.24, 2.45) is 11.8 Å². The predicted octanol–water partition coefficient (Wildman–Crippen LogP) is 1.04. The van der Waals surface area contributed by atoms with Crippen molar-refractivity contribution in [1.82, 2.24) is 14.9 Å². The fourth-order valence-electron chi connectivity index (χ4n) is 4.07. The highest BCUT2D eigenvalue weighted by molar-refractivity contribution is 5.80. The molecule has 2 N–H and O–H groups in total. The van der Waals surface area contributed by atoms with Crippen LogP contribution < -0.4 is 4.90 Å². The van der Waals surface area contributed by atoms with E-state index in [1.165, 1.54) is 0 Å². The van der Waals surface area contributed by atoms with Crippen LogP contribution in [0.3, 0.4) is 0 Å². The minimum Gasteiger partial charge on any atom is -0.481 e. The lowest BCUT2D eigenvalue weighted by atomic mass is 9.95. The van der Waals surface area contributed by atoms with E-state index in [1.807, 2.05) is 24.0 Å². The Kier molecular flexibility index (Phi) is 4.92. The molecule has 2 aromatic heterocycles. The molecule has 2 atom stereocenters. The molecule has 0 radical (unpaired) electrons. The van der Waals surface area contributed by atoms with Crippen LogP contribution in [-0.2, 0) is 9.59 Å². The fraction of sp³-hybridized carbons (Fsp3) is 0.579. The van der Waals surface area contributed by atoms with Gasteiger partial charge in [-0.2, -0.15) is 4.98 Å². The largest absolute Gasteiger partial charge is 0.481 e. The number of likely N-dealkylation sites (tertiary alicyclic amines) is 1. The minimum absolute atomic E-state index is 0.00134. The number of anilines is 1. The molecule has 2 aromatic rings. The van der Waals surface area contributed by atoms with Crippen LogP contribution in [0.1, 0.15) is 25.0 Å². The van der Waals surface area contributed by atoms with Crippen LogP contribution in [0, 0.1) is 18.8 Å². The van der Waals surface area contributed by atoms with Gasteiger partial charge in [-0.1, -0.05) is 0 Å². The molecule has 0 unspecified atom stereocenters. The van der Waals surface area contributed by atoms with Crippen molar-refractivity contribution < 1.29 is 24.2 Å². The number of aliphatic carboxylic acids is 1. The van der Waals surface area contributed by atoms with Crippen molar-refractivity contribution in [3.63, 3.8) is 0 Å². The number of rotatable bonds is 4. The van der Waals surface area contributed by atoms with E-state index in [2.05, 4.69) is 9.97 Å². The number of aliphatic hydroxyl groups excluding tert-OH is 1. The van der Waals surface area contributed by atoms with Crippen molar-refractivity contribution in [2.45, 2.75) is 32.3 Å². The lowest BCUT2D eigenvalue weighted by Gasteiger charge is -2.32. The fourth-order valence-corrected chi connectivity index (χ4v) is 4.07. The number of carbonyl (C=O) groups is 2. The Morgan fingerprint density at radius 3 is 2.68 bits per heavy atom. The first-order chi connectivity index (χ1) is 13.4. The van der Waals surface area contributed by atoms with E-state index in [-0.39, 0.29) is 24.8 Å². The highest BCUT2D eigenvalue weighted by atomic mass is 16.4. The minimum atomic E-state index is -0.949. The van der Waals surface area contributed by atoms with E-state index >= 15 is 0 Å². The number of hydrogen-bond donors (Lipinski definition) is 2. The van der Waals surface area contributed by atoms with Gasteiger partial charge in [0.1, 0.15) is 0 Å². The van der Waals surface area contributed by atoms with Gasteiger partial charge in [0.05, 0.1) is 12.5 Å². The highest BCUT2D eigenvalue weighted by Crippen LogP contribution is 2.29. The summed E-state index contributed by atoms with van der Waals surface area (Å²) in [5.74, 6) is -1.47. The summed E-state index contributed by atoms with van der Waals surface area (Å²) < 4.78 is 5.79. The Labute approximate surface area is 162 Å². The number of aromatic nitrogens is 2. The van der Waals surface area contributed by atoms with Gasteiger partial charge < -0.3 is 24.4 Å². The van der Waals surface area contributed by atoms with E-state index in [9.17, 15) is 14.7 Å². The van der Waals surface area contributed by atoms with Crippen molar-refractivity contribution in [3.05, 3.63) is 17.8 Å². The summed E-state index contributed by atoms with van der Waals surface area (Å²) in [6.45, 7) is 3.73. The second-order valence-corrected chi connectivity index (χ2v) is 7.70. The summed E-state index contributed by atoms with van der Waals surface area (Å²) in [7, 11) is 0. The predicted molar refractivity (Wildman–Crippen MR) is 99.8 cm³/mol. The molecular weight excluding hydrogens is 364 g/mol. The first-order valence-electron chi connectivity index (χ1n) is 9.58. The van der Waals surface area contributed by atoms with Crippen LogP contribution >= 0.6 is 0 Å². The molecular formula is C19H24N4O5. The molecule has 0 spiro atoms. The molecule has 2 aliphatic rings. The Bertz CT molecular complexity index is 890. The Hall–Kier alpha value is -2.68. The second-order valence-electron chi connectivity index (χ2n) is 7.70. The van der Waals surface area contributed by atoms with E-state index in [0.29, 0.717) is 49.7 Å². The van der Waals surface area contributed by atoms with Gasteiger partial charge >= 0.3 is 5.97 Å². The Morgan fingerprint density at radius 2 is 1.96 bits per heavy atom. The number of carbonyl (C=O) groups excluding carboxylic acids is 1. The molecule has 150 valence electrons. The van der Waals surface area contributed by atoms with Crippen LogP contribution in [0.5, 0.6) is 0 Å². The van der Waals surface area contributed by atoms with Gasteiger partial charge in [0, 0.05) is 43.7 Å². The van der Waals surface area contributed by atoms with E-state index in [0.717, 1.165) is 5.69 Å².